The summed E-state index contributed by atoms with van der Waals surface area (Å²) < 4.78 is 0.974. The van der Waals surface area contributed by atoms with E-state index in [0.717, 1.165) is 16.9 Å². The van der Waals surface area contributed by atoms with Crippen LogP contribution in [0.15, 0.2) is 54.6 Å². The second-order valence-corrected chi connectivity index (χ2v) is 9.64. The zero-order valence-electron chi connectivity index (χ0n) is 20.7. The van der Waals surface area contributed by atoms with Crippen molar-refractivity contribution in [1.29, 1.82) is 0 Å². The molecule has 0 bridgehead atoms. The molecule has 0 radical (unpaired) electrons. The first kappa shape index (κ1) is 27.4. The third kappa shape index (κ3) is 11.2. The highest BCUT2D eigenvalue weighted by atomic mass is 15.3. The average Bonchev–Trinajstić information content (AvgIpc) is 2.66. The summed E-state index contributed by atoms with van der Waals surface area (Å²) in [5.74, 6) is 2.13. The molecule has 0 aliphatic rings. The van der Waals surface area contributed by atoms with Gasteiger partial charge < -0.3 is 11.9 Å². The molecule has 0 spiro atoms. The predicted molar refractivity (Wildman–Crippen MR) is 132 cm³/mol. The average molecular weight is 398 g/mol. The van der Waals surface area contributed by atoms with E-state index in [9.17, 15) is 0 Å². The maximum atomic E-state index is 2.35. The van der Waals surface area contributed by atoms with Gasteiger partial charge in [-0.05, 0) is 41.7 Å². The third-order valence-corrected chi connectivity index (χ3v) is 5.42. The highest BCUT2D eigenvalue weighted by Gasteiger charge is 2.16. The minimum absolute atomic E-state index is 0. The lowest BCUT2D eigenvalue weighted by atomic mass is 9.84. The van der Waals surface area contributed by atoms with Crippen LogP contribution in [0.2, 0.25) is 0 Å². The molecule has 0 saturated carbocycles. The van der Waals surface area contributed by atoms with Crippen molar-refractivity contribution in [1.82, 2.24) is 0 Å². The van der Waals surface area contributed by atoms with E-state index in [1.807, 2.05) is 0 Å². The van der Waals surface area contributed by atoms with Gasteiger partial charge in [-0.3, -0.25) is 0 Å². The van der Waals surface area contributed by atoms with Gasteiger partial charge in [0.05, 0.1) is 21.1 Å². The Bertz CT molecular complexity index is 634. The Morgan fingerprint density at radius 1 is 0.724 bits per heavy atom. The van der Waals surface area contributed by atoms with E-state index in [-0.39, 0.29) is 7.43 Å². The molecule has 2 unspecified atom stereocenters. The zero-order valence-corrected chi connectivity index (χ0v) is 20.7. The molecular weight excluding hydrogens is 350 g/mol. The predicted octanol–water partition coefficient (Wildman–Crippen LogP) is 8.08. The van der Waals surface area contributed by atoms with Gasteiger partial charge in [0, 0.05) is 5.56 Å². The molecule has 2 atom stereocenters. The molecule has 1 nitrogen and oxygen atoms in total. The van der Waals surface area contributed by atoms with Crippen LogP contribution >= 0.6 is 0 Å². The van der Waals surface area contributed by atoms with E-state index >= 15 is 0 Å². The van der Waals surface area contributed by atoms with Crippen molar-refractivity contribution in [3.63, 3.8) is 0 Å². The smallest absolute Gasteiger partial charge is 0.104 e. The van der Waals surface area contributed by atoms with Gasteiger partial charge in [0.25, 0.3) is 0 Å². The van der Waals surface area contributed by atoms with Crippen molar-refractivity contribution in [2.75, 3.05) is 21.1 Å². The first-order valence-electron chi connectivity index (χ1n) is 11.1. The summed E-state index contributed by atoms with van der Waals surface area (Å²) in [6, 6.07) is 20.2. The van der Waals surface area contributed by atoms with E-state index in [1.165, 1.54) is 36.0 Å². The maximum absolute atomic E-state index is 2.35. The number of rotatable bonds is 8. The Kier molecular flexibility index (Phi) is 12.8. The second kappa shape index (κ2) is 13.6. The summed E-state index contributed by atoms with van der Waals surface area (Å²) >= 11 is 0. The van der Waals surface area contributed by atoms with Crippen LogP contribution in [0.1, 0.15) is 82.4 Å². The largest absolute Gasteiger partial charge is 0.358 e. The van der Waals surface area contributed by atoms with Crippen molar-refractivity contribution >= 4 is 0 Å². The van der Waals surface area contributed by atoms with Crippen LogP contribution in [0.5, 0.6) is 0 Å². The Balaban J connectivity index is 0.00000117. The van der Waals surface area contributed by atoms with Crippen LogP contribution < -0.4 is 0 Å². The van der Waals surface area contributed by atoms with Gasteiger partial charge in [0.15, 0.2) is 0 Å². The Labute approximate surface area is 182 Å². The lowest BCUT2D eigenvalue weighted by Crippen LogP contribution is -2.33. The van der Waals surface area contributed by atoms with Gasteiger partial charge in [0.1, 0.15) is 6.54 Å². The molecule has 2 rings (SSSR count). The van der Waals surface area contributed by atoms with Crippen LogP contribution in [0.4, 0.5) is 0 Å². The quantitative estimate of drug-likeness (QED) is 0.312. The monoisotopic (exact) mass is 397 g/mol. The van der Waals surface area contributed by atoms with Crippen LogP contribution in [-0.2, 0) is 6.54 Å². The Hall–Kier alpha value is -1.60. The number of quaternary nitrogens is 1. The molecule has 2 aromatic carbocycles. The number of hydrogen-bond acceptors (Lipinski definition) is 0. The SMILES string of the molecule is CCC(C)C.CCC(CC(C)c1ccccc1)c1ccc(C[N+](C)(C)C)cc1.[CH3-]. The van der Waals surface area contributed by atoms with E-state index < -0.39 is 0 Å². The first-order valence-corrected chi connectivity index (χ1v) is 11.1. The molecule has 0 N–H and O–H groups in total. The lowest BCUT2D eigenvalue weighted by Gasteiger charge is -2.24. The highest BCUT2D eigenvalue weighted by Crippen LogP contribution is 2.32. The van der Waals surface area contributed by atoms with Crippen molar-refractivity contribution in [3.8, 4) is 0 Å². The van der Waals surface area contributed by atoms with Crippen molar-refractivity contribution in [2.24, 2.45) is 5.92 Å². The fraction of sp³-hybridized carbons (Fsp3) is 0.536. The highest BCUT2D eigenvalue weighted by molar-refractivity contribution is 5.26. The summed E-state index contributed by atoms with van der Waals surface area (Å²) in [6.45, 7) is 12.4. The molecule has 0 aliphatic carbocycles. The lowest BCUT2D eigenvalue weighted by molar-refractivity contribution is -0.884. The van der Waals surface area contributed by atoms with Gasteiger partial charge in [0.2, 0.25) is 0 Å². The first-order chi connectivity index (χ1) is 13.2. The second-order valence-electron chi connectivity index (χ2n) is 9.64. The van der Waals surface area contributed by atoms with Gasteiger partial charge in [-0.1, -0.05) is 95.6 Å². The minimum atomic E-state index is 0. The van der Waals surface area contributed by atoms with Crippen molar-refractivity contribution in [3.05, 3.63) is 78.7 Å². The topological polar surface area (TPSA) is 0 Å². The molecule has 29 heavy (non-hydrogen) atoms. The van der Waals surface area contributed by atoms with E-state index in [1.54, 1.807) is 0 Å². The van der Waals surface area contributed by atoms with Crippen molar-refractivity contribution in [2.45, 2.75) is 72.3 Å². The number of benzene rings is 2. The van der Waals surface area contributed by atoms with Crippen molar-refractivity contribution < 1.29 is 4.48 Å². The summed E-state index contributed by atoms with van der Waals surface area (Å²) in [7, 11) is 6.72. The number of nitrogens with zero attached hydrogens (tertiary/aromatic N) is 1. The molecule has 1 heteroatoms. The number of hydrogen-bond donors (Lipinski definition) is 0. The fourth-order valence-corrected chi connectivity index (χ4v) is 3.33. The van der Waals surface area contributed by atoms with E-state index in [2.05, 4.69) is 110 Å². The molecule has 2 aromatic rings. The molecule has 0 aromatic heterocycles. The van der Waals surface area contributed by atoms with Crippen LogP contribution in [0.3, 0.4) is 0 Å². The van der Waals surface area contributed by atoms with E-state index in [0.29, 0.717) is 11.8 Å². The van der Waals surface area contributed by atoms with Crippen LogP contribution in [-0.4, -0.2) is 25.6 Å². The Morgan fingerprint density at radius 3 is 1.66 bits per heavy atom. The van der Waals surface area contributed by atoms with Gasteiger partial charge in [-0.15, -0.1) is 0 Å². The molecule has 0 saturated heterocycles. The van der Waals surface area contributed by atoms with Gasteiger partial charge >= 0.3 is 0 Å². The summed E-state index contributed by atoms with van der Waals surface area (Å²) in [5, 5.41) is 0. The molecule has 0 heterocycles. The summed E-state index contributed by atoms with van der Waals surface area (Å²) in [5.41, 5.74) is 4.36. The Morgan fingerprint density at radius 2 is 1.24 bits per heavy atom. The van der Waals surface area contributed by atoms with Crippen LogP contribution in [0, 0.1) is 13.3 Å². The zero-order chi connectivity index (χ0) is 21.2. The summed E-state index contributed by atoms with van der Waals surface area (Å²) in [4.78, 5) is 0. The normalized spacial score (nSPS) is 13.1. The maximum Gasteiger partial charge on any atom is 0.104 e. The fourth-order valence-electron chi connectivity index (χ4n) is 3.33. The van der Waals surface area contributed by atoms with Gasteiger partial charge in [-0.2, -0.15) is 0 Å². The molecule has 0 aliphatic heterocycles. The van der Waals surface area contributed by atoms with Crippen LogP contribution in [0.25, 0.3) is 0 Å². The molecule has 0 fully saturated rings. The standard InChI is InChI=1S/C22H32N.C5H12.CH3/c1-6-20(16-18(2)21-10-8-7-9-11-21)22-14-12-19(13-15-22)17-23(3,4)5;1-4-5(2)3;/h7-15,18,20H,6,16-17H2,1-5H3;5H,4H2,1-3H3;1H3/q+1;;-1. The van der Waals surface area contributed by atoms with Gasteiger partial charge in [-0.25, -0.2) is 0 Å². The molecular formula is C28H47N. The minimum Gasteiger partial charge on any atom is -0.358 e. The molecule has 0 amide bonds. The van der Waals surface area contributed by atoms with E-state index in [4.69, 9.17) is 0 Å². The summed E-state index contributed by atoms with van der Waals surface area (Å²) in [6.07, 6.45) is 3.72. The third-order valence-electron chi connectivity index (χ3n) is 5.42. The molecule has 164 valence electrons.